The van der Waals surface area contributed by atoms with Crippen LogP contribution in [0.4, 0.5) is 16.2 Å². The SMILES string of the molecule is CCCCN(C)c1c(N2CCN(C(=O)OCC)CC2)c(=O)c1=O. The van der Waals surface area contributed by atoms with Crippen LogP contribution >= 0.6 is 0 Å². The van der Waals surface area contributed by atoms with Gasteiger partial charge >= 0.3 is 6.09 Å². The fraction of sp³-hybridized carbons (Fsp3) is 0.688. The standard InChI is InChI=1S/C16H25N3O4/c1-4-6-7-17(3)12-13(15(21)14(12)20)18-8-10-19(11-9-18)16(22)23-5-2/h4-11H2,1-3H3. The number of carbonyl (C=O) groups is 1. The Morgan fingerprint density at radius 1 is 1.13 bits per heavy atom. The van der Waals surface area contributed by atoms with E-state index in [0.717, 1.165) is 19.4 Å². The van der Waals surface area contributed by atoms with Crippen LogP contribution < -0.4 is 20.7 Å². The summed E-state index contributed by atoms with van der Waals surface area (Å²) in [6.45, 7) is 7.05. The molecule has 0 atom stereocenters. The molecule has 1 aromatic rings. The molecule has 1 aromatic carbocycles. The summed E-state index contributed by atoms with van der Waals surface area (Å²) < 4.78 is 4.99. The number of carbonyl (C=O) groups excluding carboxylic acids is 1. The molecule has 0 unspecified atom stereocenters. The van der Waals surface area contributed by atoms with Gasteiger partial charge in [-0.15, -0.1) is 0 Å². The van der Waals surface area contributed by atoms with E-state index >= 15 is 0 Å². The topological polar surface area (TPSA) is 70.2 Å². The van der Waals surface area contributed by atoms with Gasteiger partial charge in [0.25, 0.3) is 10.9 Å². The molecule has 0 bridgehead atoms. The van der Waals surface area contributed by atoms with Crippen molar-refractivity contribution in [2.24, 2.45) is 0 Å². The van der Waals surface area contributed by atoms with Gasteiger partial charge in [-0.25, -0.2) is 4.79 Å². The Kier molecular flexibility index (Phi) is 5.63. The first kappa shape index (κ1) is 17.3. The van der Waals surface area contributed by atoms with Crippen molar-refractivity contribution in [3.63, 3.8) is 0 Å². The van der Waals surface area contributed by atoms with E-state index in [9.17, 15) is 14.4 Å². The number of rotatable bonds is 6. The van der Waals surface area contributed by atoms with Crippen molar-refractivity contribution in [2.45, 2.75) is 26.7 Å². The Morgan fingerprint density at radius 3 is 2.35 bits per heavy atom. The maximum Gasteiger partial charge on any atom is 0.409 e. The van der Waals surface area contributed by atoms with Gasteiger partial charge in [0.1, 0.15) is 11.4 Å². The Hall–Kier alpha value is -2.05. The van der Waals surface area contributed by atoms with E-state index < -0.39 is 10.9 Å². The van der Waals surface area contributed by atoms with E-state index in [2.05, 4.69) is 6.92 Å². The predicted octanol–water partition coefficient (Wildman–Crippen LogP) is 0.797. The summed E-state index contributed by atoms with van der Waals surface area (Å²) in [7, 11) is 1.85. The third kappa shape index (κ3) is 3.48. The van der Waals surface area contributed by atoms with Crippen LogP contribution in [0.25, 0.3) is 0 Å². The Bertz CT molecular complexity index is 613. The van der Waals surface area contributed by atoms with Crippen molar-refractivity contribution in [1.29, 1.82) is 0 Å². The molecule has 128 valence electrons. The number of ether oxygens (including phenoxy) is 1. The third-order valence-corrected chi connectivity index (χ3v) is 4.21. The van der Waals surface area contributed by atoms with Gasteiger partial charge < -0.3 is 19.4 Å². The van der Waals surface area contributed by atoms with Crippen LogP contribution in [0.1, 0.15) is 26.7 Å². The van der Waals surface area contributed by atoms with Crippen molar-refractivity contribution < 1.29 is 9.53 Å². The minimum atomic E-state index is -0.409. The van der Waals surface area contributed by atoms with Gasteiger partial charge in [0.05, 0.1) is 6.61 Å². The van der Waals surface area contributed by atoms with Gasteiger partial charge in [0, 0.05) is 39.8 Å². The highest BCUT2D eigenvalue weighted by Gasteiger charge is 2.31. The predicted molar refractivity (Wildman–Crippen MR) is 90.3 cm³/mol. The number of nitrogens with zero attached hydrogens (tertiary/aromatic N) is 3. The number of amides is 1. The van der Waals surface area contributed by atoms with Gasteiger partial charge in [-0.1, -0.05) is 13.3 Å². The minimum absolute atomic E-state index is 0.322. The van der Waals surface area contributed by atoms with Crippen LogP contribution in [0.5, 0.6) is 0 Å². The van der Waals surface area contributed by atoms with Crippen LogP contribution in [-0.2, 0) is 4.74 Å². The zero-order valence-corrected chi connectivity index (χ0v) is 14.1. The number of unbranched alkanes of at least 4 members (excludes halogenated alkanes) is 1. The molecule has 0 radical (unpaired) electrons. The maximum absolute atomic E-state index is 12.0. The maximum atomic E-state index is 12.0. The van der Waals surface area contributed by atoms with Gasteiger partial charge in [0.2, 0.25) is 0 Å². The van der Waals surface area contributed by atoms with Gasteiger partial charge in [0.15, 0.2) is 0 Å². The summed E-state index contributed by atoms with van der Waals surface area (Å²) in [6, 6.07) is 0. The molecule has 0 aliphatic carbocycles. The molecule has 1 aliphatic rings. The molecule has 2 rings (SSSR count). The zero-order valence-electron chi connectivity index (χ0n) is 14.1. The summed E-state index contributed by atoms with van der Waals surface area (Å²) in [5.41, 5.74) is 0.226. The fourth-order valence-electron chi connectivity index (χ4n) is 2.85. The monoisotopic (exact) mass is 323 g/mol. The van der Waals surface area contributed by atoms with E-state index in [1.807, 2.05) is 16.8 Å². The van der Waals surface area contributed by atoms with E-state index in [-0.39, 0.29) is 6.09 Å². The van der Waals surface area contributed by atoms with Gasteiger partial charge in [-0.2, -0.15) is 0 Å². The van der Waals surface area contributed by atoms with Crippen molar-refractivity contribution in [1.82, 2.24) is 4.90 Å². The highest BCUT2D eigenvalue weighted by atomic mass is 16.6. The summed E-state index contributed by atoms with van der Waals surface area (Å²) in [4.78, 5) is 41.0. The molecule has 7 heteroatoms. The lowest BCUT2D eigenvalue weighted by Crippen LogP contribution is -2.53. The Balaban J connectivity index is 2.04. The third-order valence-electron chi connectivity index (χ3n) is 4.21. The molecule has 1 fully saturated rings. The molecule has 1 heterocycles. The molecule has 1 amide bonds. The average Bonchev–Trinajstić information content (AvgIpc) is 2.57. The van der Waals surface area contributed by atoms with E-state index in [1.54, 1.807) is 11.8 Å². The van der Waals surface area contributed by atoms with E-state index in [1.165, 1.54) is 0 Å². The van der Waals surface area contributed by atoms with Crippen molar-refractivity contribution in [2.75, 3.05) is 56.2 Å². The van der Waals surface area contributed by atoms with E-state index in [0.29, 0.717) is 44.2 Å². The van der Waals surface area contributed by atoms with E-state index in [4.69, 9.17) is 4.74 Å². The van der Waals surface area contributed by atoms with Crippen molar-refractivity contribution >= 4 is 17.5 Å². The zero-order chi connectivity index (χ0) is 17.0. The van der Waals surface area contributed by atoms with Gasteiger partial charge in [-0.05, 0) is 13.3 Å². The fourth-order valence-corrected chi connectivity index (χ4v) is 2.85. The summed E-state index contributed by atoms with van der Waals surface area (Å²) >= 11 is 0. The summed E-state index contributed by atoms with van der Waals surface area (Å²) in [5.74, 6) is 0. The minimum Gasteiger partial charge on any atom is -0.450 e. The normalized spacial score (nSPS) is 15.1. The lowest BCUT2D eigenvalue weighted by Gasteiger charge is -2.37. The van der Waals surface area contributed by atoms with Crippen molar-refractivity contribution in [3.8, 4) is 0 Å². The number of hydrogen-bond acceptors (Lipinski definition) is 6. The number of hydrogen-bond donors (Lipinski definition) is 0. The molecule has 1 saturated heterocycles. The highest BCUT2D eigenvalue weighted by Crippen LogP contribution is 2.25. The van der Waals surface area contributed by atoms with Crippen LogP contribution in [-0.4, -0.2) is 57.4 Å². The molecular formula is C16H25N3O4. The summed E-state index contributed by atoms with van der Waals surface area (Å²) in [6.07, 6.45) is 1.69. The molecule has 0 spiro atoms. The Morgan fingerprint density at radius 2 is 1.78 bits per heavy atom. The van der Waals surface area contributed by atoms with Gasteiger partial charge in [-0.3, -0.25) is 9.59 Å². The van der Waals surface area contributed by atoms with Crippen LogP contribution in [0.15, 0.2) is 9.59 Å². The molecule has 0 aromatic heterocycles. The molecule has 7 nitrogen and oxygen atoms in total. The molecule has 1 aliphatic heterocycles. The second-order valence-electron chi connectivity index (χ2n) is 5.80. The second kappa shape index (κ2) is 7.48. The van der Waals surface area contributed by atoms with Crippen LogP contribution in [0, 0.1) is 0 Å². The first-order valence-corrected chi connectivity index (χ1v) is 8.22. The van der Waals surface area contributed by atoms with Crippen molar-refractivity contribution in [3.05, 3.63) is 20.4 Å². The first-order chi connectivity index (χ1) is 11.0. The number of anilines is 2. The molecule has 0 N–H and O–H groups in total. The highest BCUT2D eigenvalue weighted by molar-refractivity contribution is 5.76. The molecule has 0 saturated carbocycles. The largest absolute Gasteiger partial charge is 0.450 e. The molecule has 23 heavy (non-hydrogen) atoms. The lowest BCUT2D eigenvalue weighted by molar-refractivity contribution is 0.105. The summed E-state index contributed by atoms with van der Waals surface area (Å²) in [5, 5.41) is 0. The average molecular weight is 323 g/mol. The smallest absolute Gasteiger partial charge is 0.409 e. The first-order valence-electron chi connectivity index (χ1n) is 8.22. The van der Waals surface area contributed by atoms with Crippen LogP contribution in [0.2, 0.25) is 0 Å². The second-order valence-corrected chi connectivity index (χ2v) is 5.80. The molecular weight excluding hydrogens is 298 g/mol. The quantitative estimate of drug-likeness (QED) is 0.721. The lowest BCUT2D eigenvalue weighted by atomic mass is 10.1. The Labute approximate surface area is 136 Å². The van der Waals surface area contributed by atoms with Crippen LogP contribution in [0.3, 0.4) is 0 Å². The number of piperazine rings is 1.